The zero-order valence-corrected chi connectivity index (χ0v) is 13.6. The Labute approximate surface area is 130 Å². The summed E-state index contributed by atoms with van der Waals surface area (Å²) in [4.78, 5) is 1.63. The van der Waals surface area contributed by atoms with E-state index in [0.717, 1.165) is 24.3 Å². The summed E-state index contributed by atoms with van der Waals surface area (Å²) < 4.78 is 0. The Morgan fingerprint density at radius 1 is 1.05 bits per heavy atom. The van der Waals surface area contributed by atoms with Crippen LogP contribution in [0.2, 0.25) is 0 Å². The average molecular weight is 309 g/mol. The maximum atomic E-state index is 4.04. The zero-order valence-electron chi connectivity index (χ0n) is 12.0. The van der Waals surface area contributed by atoms with Crippen molar-refractivity contribution in [2.45, 2.75) is 49.4 Å². The van der Waals surface area contributed by atoms with Crippen LogP contribution in [0.4, 0.5) is 0 Å². The second-order valence-electron chi connectivity index (χ2n) is 7.72. The third-order valence-corrected chi connectivity index (χ3v) is 8.55. The lowest BCUT2D eigenvalue weighted by molar-refractivity contribution is -0.0194. The monoisotopic (exact) mass is 308 g/mol. The molecule has 0 amide bonds. The maximum absolute atomic E-state index is 4.04. The van der Waals surface area contributed by atoms with Crippen molar-refractivity contribution in [2.75, 3.05) is 18.1 Å². The van der Waals surface area contributed by atoms with Gasteiger partial charge in [-0.1, -0.05) is 0 Å². The zero-order chi connectivity index (χ0) is 13.2. The molecule has 2 nitrogen and oxygen atoms in total. The first-order chi connectivity index (χ1) is 9.78. The van der Waals surface area contributed by atoms with E-state index in [4.69, 9.17) is 0 Å². The highest BCUT2D eigenvalue weighted by Crippen LogP contribution is 2.55. The minimum absolute atomic E-state index is 0.527. The number of hydrogen-bond donors (Lipinski definition) is 2. The molecule has 0 saturated heterocycles. The summed E-state index contributed by atoms with van der Waals surface area (Å²) in [5.74, 6) is 5.63. The minimum Gasteiger partial charge on any atom is -0.374 e. The Balaban J connectivity index is 1.22. The predicted molar refractivity (Wildman–Crippen MR) is 87.8 cm³/mol. The summed E-state index contributed by atoms with van der Waals surface area (Å²) in [5, 5.41) is 8.39. The first-order valence-corrected chi connectivity index (χ1v) is 10.3. The molecule has 4 heteroatoms. The van der Waals surface area contributed by atoms with Crippen molar-refractivity contribution in [3.05, 3.63) is 10.6 Å². The van der Waals surface area contributed by atoms with Crippen LogP contribution < -0.4 is 10.6 Å². The van der Waals surface area contributed by atoms with Crippen molar-refractivity contribution in [3.63, 3.8) is 0 Å². The van der Waals surface area contributed by atoms with E-state index in [0.29, 0.717) is 10.9 Å². The third kappa shape index (κ3) is 2.05. The second kappa shape index (κ2) is 4.60. The van der Waals surface area contributed by atoms with Crippen molar-refractivity contribution >= 4 is 23.5 Å². The molecule has 6 aliphatic rings. The van der Waals surface area contributed by atoms with Gasteiger partial charge in [0.05, 0.1) is 5.37 Å². The van der Waals surface area contributed by atoms with E-state index in [1.165, 1.54) is 36.5 Å². The lowest BCUT2D eigenvalue weighted by Gasteiger charge is -2.57. The van der Waals surface area contributed by atoms with Gasteiger partial charge in [0.25, 0.3) is 0 Å². The molecular weight excluding hydrogens is 284 g/mol. The molecule has 2 heterocycles. The summed E-state index contributed by atoms with van der Waals surface area (Å²) in [6, 6.07) is 0. The van der Waals surface area contributed by atoms with Crippen LogP contribution in [0.15, 0.2) is 10.6 Å². The van der Waals surface area contributed by atoms with E-state index in [9.17, 15) is 0 Å². The topological polar surface area (TPSA) is 24.1 Å². The molecule has 4 fully saturated rings. The van der Waals surface area contributed by atoms with Gasteiger partial charge in [0.1, 0.15) is 0 Å². The SMILES string of the molecule is C1SCC2=C1NC(CNC13CC4CC(CC(C4)C1)C3)S2. The molecule has 6 rings (SSSR count). The average Bonchev–Trinajstić information content (AvgIpc) is 2.95. The van der Waals surface area contributed by atoms with Gasteiger partial charge in [0, 0.05) is 34.2 Å². The quantitative estimate of drug-likeness (QED) is 0.836. The Kier molecular flexibility index (Phi) is 2.92. The fraction of sp³-hybridized carbons (Fsp3) is 0.875. The molecule has 4 bridgehead atoms. The lowest BCUT2D eigenvalue weighted by atomic mass is 9.53. The number of nitrogens with one attached hydrogen (secondary N) is 2. The van der Waals surface area contributed by atoms with Gasteiger partial charge in [-0.3, -0.25) is 0 Å². The van der Waals surface area contributed by atoms with E-state index in [1.54, 1.807) is 24.2 Å². The fourth-order valence-electron chi connectivity index (χ4n) is 5.77. The van der Waals surface area contributed by atoms with E-state index in [-0.39, 0.29) is 0 Å². The summed E-state index contributed by atoms with van der Waals surface area (Å²) in [6.07, 6.45) is 9.05. The first kappa shape index (κ1) is 12.7. The summed E-state index contributed by atoms with van der Waals surface area (Å²) in [6.45, 7) is 1.16. The van der Waals surface area contributed by atoms with Crippen LogP contribution in [0.25, 0.3) is 0 Å². The van der Waals surface area contributed by atoms with Gasteiger partial charge >= 0.3 is 0 Å². The van der Waals surface area contributed by atoms with Crippen LogP contribution in [0.1, 0.15) is 38.5 Å². The number of rotatable bonds is 3. The Hall–Kier alpha value is 0.200. The number of thioether (sulfide) groups is 2. The van der Waals surface area contributed by atoms with Crippen LogP contribution in [-0.2, 0) is 0 Å². The van der Waals surface area contributed by atoms with Gasteiger partial charge < -0.3 is 10.6 Å². The smallest absolute Gasteiger partial charge is 0.0890 e. The Morgan fingerprint density at radius 3 is 2.40 bits per heavy atom. The van der Waals surface area contributed by atoms with Crippen LogP contribution in [-0.4, -0.2) is 29.0 Å². The molecule has 1 atom stereocenters. The summed E-state index contributed by atoms with van der Waals surface area (Å²) >= 11 is 4.15. The van der Waals surface area contributed by atoms with E-state index < -0.39 is 0 Å². The Bertz CT molecular complexity index is 408. The summed E-state index contributed by atoms with van der Waals surface area (Å²) in [7, 11) is 0. The molecule has 110 valence electrons. The van der Waals surface area contributed by atoms with Crippen LogP contribution in [0.3, 0.4) is 0 Å². The molecule has 2 aliphatic heterocycles. The fourth-order valence-corrected chi connectivity index (χ4v) is 8.29. The summed E-state index contributed by atoms with van der Waals surface area (Å²) in [5.41, 5.74) is 2.07. The largest absolute Gasteiger partial charge is 0.374 e. The van der Waals surface area contributed by atoms with Crippen molar-refractivity contribution in [2.24, 2.45) is 17.8 Å². The van der Waals surface area contributed by atoms with Crippen molar-refractivity contribution < 1.29 is 0 Å². The number of hydrogen-bond acceptors (Lipinski definition) is 4. The lowest BCUT2D eigenvalue weighted by Crippen LogP contribution is -2.59. The predicted octanol–water partition coefficient (Wildman–Crippen LogP) is 3.17. The molecule has 2 N–H and O–H groups in total. The van der Waals surface area contributed by atoms with Crippen LogP contribution in [0.5, 0.6) is 0 Å². The molecule has 0 aromatic carbocycles. The molecule has 0 radical (unpaired) electrons. The molecule has 1 unspecified atom stereocenters. The van der Waals surface area contributed by atoms with E-state index in [1.807, 2.05) is 0 Å². The highest BCUT2D eigenvalue weighted by Gasteiger charge is 2.50. The van der Waals surface area contributed by atoms with Gasteiger partial charge in [-0.15, -0.1) is 11.8 Å². The minimum atomic E-state index is 0.527. The van der Waals surface area contributed by atoms with Crippen molar-refractivity contribution in [1.29, 1.82) is 0 Å². The molecule has 0 aromatic heterocycles. The first-order valence-electron chi connectivity index (χ1n) is 8.26. The molecule has 0 spiro atoms. The van der Waals surface area contributed by atoms with Crippen LogP contribution in [0, 0.1) is 17.8 Å². The van der Waals surface area contributed by atoms with Gasteiger partial charge in [-0.05, 0) is 56.3 Å². The van der Waals surface area contributed by atoms with E-state index >= 15 is 0 Å². The molecule has 4 saturated carbocycles. The van der Waals surface area contributed by atoms with Gasteiger partial charge in [0.15, 0.2) is 0 Å². The van der Waals surface area contributed by atoms with Gasteiger partial charge in [-0.25, -0.2) is 0 Å². The second-order valence-corrected chi connectivity index (χ2v) is 10.0. The highest BCUT2D eigenvalue weighted by molar-refractivity contribution is 8.07. The molecule has 20 heavy (non-hydrogen) atoms. The van der Waals surface area contributed by atoms with Crippen molar-refractivity contribution in [3.8, 4) is 0 Å². The van der Waals surface area contributed by atoms with Crippen LogP contribution >= 0.6 is 23.5 Å². The van der Waals surface area contributed by atoms with Gasteiger partial charge in [-0.2, -0.15) is 11.8 Å². The molecule has 4 aliphatic carbocycles. The highest BCUT2D eigenvalue weighted by atomic mass is 32.2. The third-order valence-electron chi connectivity index (χ3n) is 6.14. The maximum Gasteiger partial charge on any atom is 0.0890 e. The standard InChI is InChI=1S/C16H24N2S2/c1-10-2-12-3-11(1)5-16(4-10,6-12)17-7-15-18-13-8-19-9-14(13)20-15/h10-12,15,17-18H,1-9H2. The molecular formula is C16H24N2S2. The Morgan fingerprint density at radius 2 is 1.75 bits per heavy atom. The van der Waals surface area contributed by atoms with Crippen molar-refractivity contribution in [1.82, 2.24) is 10.6 Å². The normalized spacial score (nSPS) is 48.8. The molecule has 0 aromatic rings. The van der Waals surface area contributed by atoms with E-state index in [2.05, 4.69) is 34.2 Å². The van der Waals surface area contributed by atoms with Gasteiger partial charge in [0.2, 0.25) is 0 Å².